The highest BCUT2D eigenvalue weighted by Gasteiger charge is 2.35. The monoisotopic (exact) mass is 281 g/mol. The van der Waals surface area contributed by atoms with E-state index in [2.05, 4.69) is 20.8 Å². The predicted octanol–water partition coefficient (Wildman–Crippen LogP) is 4.37. The first-order chi connectivity index (χ1) is 9.61. The van der Waals surface area contributed by atoms with E-state index in [1.54, 1.807) is 0 Å². The van der Waals surface area contributed by atoms with Crippen LogP contribution in [0.25, 0.3) is 0 Å². The zero-order valence-corrected chi connectivity index (χ0v) is 13.8. The van der Waals surface area contributed by atoms with Crippen LogP contribution in [-0.4, -0.2) is 18.8 Å². The lowest BCUT2D eigenvalue weighted by molar-refractivity contribution is -0.100. The van der Waals surface area contributed by atoms with Crippen LogP contribution in [0.15, 0.2) is 0 Å². The Bertz CT molecular complexity index is 279. The van der Waals surface area contributed by atoms with Crippen molar-refractivity contribution in [3.63, 3.8) is 0 Å². The Balaban J connectivity index is 1.99. The van der Waals surface area contributed by atoms with Gasteiger partial charge >= 0.3 is 0 Å². The van der Waals surface area contributed by atoms with Gasteiger partial charge in [0, 0.05) is 0 Å². The molecule has 0 aliphatic heterocycles. The second-order valence-electron chi connectivity index (χ2n) is 7.67. The van der Waals surface area contributed by atoms with Crippen molar-refractivity contribution < 1.29 is 4.74 Å². The Morgan fingerprint density at radius 1 is 1.00 bits per heavy atom. The van der Waals surface area contributed by atoms with Crippen molar-refractivity contribution in [2.45, 2.75) is 84.3 Å². The third kappa shape index (κ3) is 4.21. The molecule has 2 heteroatoms. The summed E-state index contributed by atoms with van der Waals surface area (Å²) < 4.78 is 6.68. The van der Waals surface area contributed by atoms with Crippen molar-refractivity contribution in [2.24, 2.45) is 29.4 Å². The maximum atomic E-state index is 6.68. The van der Waals surface area contributed by atoms with Crippen molar-refractivity contribution in [2.75, 3.05) is 6.54 Å². The van der Waals surface area contributed by atoms with Gasteiger partial charge < -0.3 is 10.5 Å². The summed E-state index contributed by atoms with van der Waals surface area (Å²) in [7, 11) is 0. The summed E-state index contributed by atoms with van der Waals surface area (Å²) in [6.07, 6.45) is 11.5. The third-order valence-electron chi connectivity index (χ3n) is 5.70. The summed E-state index contributed by atoms with van der Waals surface area (Å²) in [4.78, 5) is 0. The Morgan fingerprint density at radius 3 is 2.45 bits per heavy atom. The van der Waals surface area contributed by atoms with E-state index < -0.39 is 0 Å². The zero-order chi connectivity index (χ0) is 14.5. The smallest absolute Gasteiger partial charge is 0.0619 e. The van der Waals surface area contributed by atoms with Gasteiger partial charge in [0.1, 0.15) is 0 Å². The summed E-state index contributed by atoms with van der Waals surface area (Å²) in [6.45, 7) is 7.93. The molecule has 5 atom stereocenters. The second-order valence-corrected chi connectivity index (χ2v) is 7.67. The lowest BCUT2D eigenvalue weighted by Crippen LogP contribution is -2.40. The van der Waals surface area contributed by atoms with Gasteiger partial charge in [0.15, 0.2) is 0 Å². The van der Waals surface area contributed by atoms with Gasteiger partial charge in [-0.2, -0.15) is 0 Å². The number of rotatable bonds is 4. The van der Waals surface area contributed by atoms with Gasteiger partial charge in [0.05, 0.1) is 12.2 Å². The first-order valence-electron chi connectivity index (χ1n) is 8.97. The molecule has 2 aliphatic rings. The highest BCUT2D eigenvalue weighted by molar-refractivity contribution is 4.84. The standard InChI is InChI=1S/C18H35NO/c1-13(2)16-10-9-14(3)11-18(16)20-17-8-6-4-5-7-15(17)12-19/h13-18H,4-12,19H2,1-3H3. The second kappa shape index (κ2) is 7.79. The van der Waals surface area contributed by atoms with Crippen molar-refractivity contribution in [3.05, 3.63) is 0 Å². The Labute approximate surface area is 125 Å². The van der Waals surface area contributed by atoms with Crippen LogP contribution in [0.3, 0.4) is 0 Å². The van der Waals surface area contributed by atoms with E-state index >= 15 is 0 Å². The van der Waals surface area contributed by atoms with Crippen LogP contribution < -0.4 is 5.73 Å². The minimum Gasteiger partial charge on any atom is -0.374 e. The molecule has 20 heavy (non-hydrogen) atoms. The van der Waals surface area contributed by atoms with Crippen molar-refractivity contribution in [1.29, 1.82) is 0 Å². The Morgan fingerprint density at radius 2 is 1.75 bits per heavy atom. The van der Waals surface area contributed by atoms with E-state index in [0.717, 1.165) is 24.3 Å². The van der Waals surface area contributed by atoms with Gasteiger partial charge in [-0.25, -0.2) is 0 Å². The molecule has 0 bridgehead atoms. The third-order valence-corrected chi connectivity index (χ3v) is 5.70. The van der Waals surface area contributed by atoms with E-state index in [9.17, 15) is 0 Å². The largest absolute Gasteiger partial charge is 0.374 e. The molecule has 118 valence electrons. The van der Waals surface area contributed by atoms with Crippen molar-refractivity contribution in [1.82, 2.24) is 0 Å². The molecule has 2 nitrogen and oxygen atoms in total. The first-order valence-corrected chi connectivity index (χ1v) is 8.97. The molecule has 0 aromatic rings. The molecule has 0 amide bonds. The molecule has 0 spiro atoms. The summed E-state index contributed by atoms with van der Waals surface area (Å²) >= 11 is 0. The molecule has 0 radical (unpaired) electrons. The van der Waals surface area contributed by atoms with E-state index in [-0.39, 0.29) is 0 Å². The van der Waals surface area contributed by atoms with E-state index in [1.165, 1.54) is 51.4 Å². The van der Waals surface area contributed by atoms with Crippen molar-refractivity contribution >= 4 is 0 Å². The molecular weight excluding hydrogens is 246 g/mol. The van der Waals surface area contributed by atoms with Gasteiger partial charge in [-0.05, 0) is 55.9 Å². The van der Waals surface area contributed by atoms with Crippen LogP contribution in [0.1, 0.15) is 72.1 Å². The molecule has 2 saturated carbocycles. The zero-order valence-electron chi connectivity index (χ0n) is 13.8. The summed E-state index contributed by atoms with van der Waals surface area (Å²) in [6, 6.07) is 0. The average molecular weight is 281 g/mol. The van der Waals surface area contributed by atoms with Crippen LogP contribution in [0.2, 0.25) is 0 Å². The molecule has 0 saturated heterocycles. The van der Waals surface area contributed by atoms with Gasteiger partial charge in [0.2, 0.25) is 0 Å². The molecule has 2 aliphatic carbocycles. The summed E-state index contributed by atoms with van der Waals surface area (Å²) in [5, 5.41) is 0. The lowest BCUT2D eigenvalue weighted by atomic mass is 9.75. The van der Waals surface area contributed by atoms with E-state index in [1.807, 2.05) is 0 Å². The normalized spacial score (nSPS) is 39.8. The van der Waals surface area contributed by atoms with Gasteiger partial charge in [0.25, 0.3) is 0 Å². The lowest BCUT2D eigenvalue weighted by Gasteiger charge is -2.40. The molecule has 2 N–H and O–H groups in total. The average Bonchev–Trinajstić information content (AvgIpc) is 2.63. The molecular formula is C18H35NO. The van der Waals surface area contributed by atoms with Crippen molar-refractivity contribution in [3.8, 4) is 0 Å². The number of hydrogen-bond donors (Lipinski definition) is 1. The maximum absolute atomic E-state index is 6.68. The SMILES string of the molecule is CC1CCC(C(C)C)C(OC2CCCCCC2CN)C1. The molecule has 5 unspecified atom stereocenters. The minimum atomic E-state index is 0.430. The first kappa shape index (κ1) is 16.3. The minimum absolute atomic E-state index is 0.430. The fourth-order valence-electron chi connectivity index (χ4n) is 4.29. The van der Waals surface area contributed by atoms with E-state index in [4.69, 9.17) is 10.5 Å². The van der Waals surface area contributed by atoms with Gasteiger partial charge in [-0.3, -0.25) is 0 Å². The molecule has 0 aromatic carbocycles. The topological polar surface area (TPSA) is 35.2 Å². The number of nitrogens with two attached hydrogens (primary N) is 1. The van der Waals surface area contributed by atoms with Crippen LogP contribution in [-0.2, 0) is 4.74 Å². The number of hydrogen-bond acceptors (Lipinski definition) is 2. The molecule has 2 rings (SSSR count). The van der Waals surface area contributed by atoms with Crippen LogP contribution in [0.4, 0.5) is 0 Å². The summed E-state index contributed by atoms with van der Waals surface area (Å²) in [5.74, 6) is 2.93. The van der Waals surface area contributed by atoms with Crippen LogP contribution >= 0.6 is 0 Å². The van der Waals surface area contributed by atoms with Crippen LogP contribution in [0.5, 0.6) is 0 Å². The maximum Gasteiger partial charge on any atom is 0.0619 e. The highest BCUT2D eigenvalue weighted by Crippen LogP contribution is 2.38. The predicted molar refractivity (Wildman–Crippen MR) is 85.6 cm³/mol. The molecule has 2 fully saturated rings. The highest BCUT2D eigenvalue weighted by atomic mass is 16.5. The molecule has 0 heterocycles. The Kier molecular flexibility index (Phi) is 6.35. The van der Waals surface area contributed by atoms with Gasteiger partial charge in [-0.15, -0.1) is 0 Å². The van der Waals surface area contributed by atoms with E-state index in [0.29, 0.717) is 18.1 Å². The van der Waals surface area contributed by atoms with Gasteiger partial charge in [-0.1, -0.05) is 46.5 Å². The molecule has 0 aromatic heterocycles. The fourth-order valence-corrected chi connectivity index (χ4v) is 4.29. The summed E-state index contributed by atoms with van der Waals surface area (Å²) in [5.41, 5.74) is 6.01. The quantitative estimate of drug-likeness (QED) is 0.777. The number of ether oxygens (including phenoxy) is 1. The van der Waals surface area contributed by atoms with Crippen LogP contribution in [0, 0.1) is 23.7 Å². The fraction of sp³-hybridized carbons (Fsp3) is 1.00. The Hall–Kier alpha value is -0.0800.